The Labute approximate surface area is 283 Å². The predicted molar refractivity (Wildman–Crippen MR) is 176 cm³/mol. The number of methoxy groups -OCH3 is 1. The van der Waals surface area contributed by atoms with Gasteiger partial charge < -0.3 is 29.7 Å². The first kappa shape index (κ1) is 35.5. The topological polar surface area (TPSA) is 144 Å². The van der Waals surface area contributed by atoms with Crippen molar-refractivity contribution in [3.8, 4) is 0 Å². The van der Waals surface area contributed by atoms with Crippen molar-refractivity contribution < 1.29 is 38.2 Å². The fraction of sp³-hybridized carbons (Fsp3) is 0.694. The maximum atomic E-state index is 14.4. The summed E-state index contributed by atoms with van der Waals surface area (Å²) in [6.45, 7) is 12.5. The molecule has 12 heteroatoms. The summed E-state index contributed by atoms with van der Waals surface area (Å²) in [7, 11) is 1.28. The van der Waals surface area contributed by atoms with Crippen LogP contribution in [0, 0.1) is 16.7 Å². The van der Waals surface area contributed by atoms with Crippen LogP contribution in [0.3, 0.4) is 0 Å². The fourth-order valence-electron chi connectivity index (χ4n) is 7.43. The van der Waals surface area contributed by atoms with Gasteiger partial charge in [0.05, 0.1) is 20.3 Å². The second-order valence-corrected chi connectivity index (χ2v) is 15.8. The number of benzene rings is 1. The van der Waals surface area contributed by atoms with Gasteiger partial charge in [-0.2, -0.15) is 0 Å². The summed E-state index contributed by atoms with van der Waals surface area (Å²) in [5.74, 6) is -1.65. The van der Waals surface area contributed by atoms with Gasteiger partial charge in [-0.1, -0.05) is 72.6 Å². The third kappa shape index (κ3) is 7.42. The molecular weight excluding hydrogens is 616 g/mol. The second-order valence-electron chi connectivity index (χ2n) is 15.8. The first-order chi connectivity index (χ1) is 22.6. The molecule has 0 unspecified atom stereocenters. The van der Waals surface area contributed by atoms with E-state index in [2.05, 4.69) is 30.5 Å². The number of cyclic esters (lactones) is 1. The van der Waals surface area contributed by atoms with E-state index in [1.165, 1.54) is 17.6 Å². The lowest BCUT2D eigenvalue weighted by Gasteiger charge is -2.35. The highest BCUT2D eigenvalue weighted by atomic mass is 16.6. The number of rotatable bonds is 4. The van der Waals surface area contributed by atoms with Crippen molar-refractivity contribution >= 4 is 30.0 Å². The molecule has 2 N–H and O–H groups in total. The fourth-order valence-corrected chi connectivity index (χ4v) is 7.43. The van der Waals surface area contributed by atoms with E-state index < -0.39 is 59.1 Å². The van der Waals surface area contributed by atoms with Crippen LogP contribution in [-0.2, 0) is 48.1 Å². The van der Waals surface area contributed by atoms with Crippen LogP contribution in [0.4, 0.5) is 9.59 Å². The van der Waals surface area contributed by atoms with Gasteiger partial charge in [-0.05, 0) is 59.1 Å². The number of carbonyl (C=O) groups is 5. The summed E-state index contributed by atoms with van der Waals surface area (Å²) in [5.41, 5.74) is 1.24. The number of fused-ring (bicyclic) bond motifs is 3. The van der Waals surface area contributed by atoms with Crippen LogP contribution in [-0.4, -0.2) is 83.8 Å². The molecule has 12 nitrogen and oxygen atoms in total. The molecule has 4 bridgehead atoms. The Bertz CT molecular complexity index is 1440. The molecule has 5 rings (SSSR count). The number of alkyl carbamates (subject to hydrolysis) is 1. The number of ether oxygens (including phenoxy) is 3. The molecule has 3 heterocycles. The summed E-state index contributed by atoms with van der Waals surface area (Å²) in [5, 5.41) is 5.67. The van der Waals surface area contributed by atoms with E-state index in [0.717, 1.165) is 36.8 Å². The van der Waals surface area contributed by atoms with Gasteiger partial charge in [0.1, 0.15) is 23.7 Å². The van der Waals surface area contributed by atoms with E-state index in [4.69, 9.17) is 14.2 Å². The van der Waals surface area contributed by atoms with E-state index in [-0.39, 0.29) is 30.9 Å². The standard InChI is InChI=1S/C36H52N4O8/c1-8-24-17-36(24,31(43)46-7)38-29(41)27-16-25-19-40(27)30(42)28(34(2,3)4)37-32(44)47-21-35(5,6)15-10-9-12-22-13-11-14-23-18-39(20-26(22)23)33(45)48-25/h11,13-14,24-25,27-28H,8-10,12,15-21H2,1-7H3,(H,37,44)(H,38,41)/t24-,25-,27+,28-,36-/m1/s1. The normalized spacial score (nSPS) is 29.4. The van der Waals surface area contributed by atoms with Crippen molar-refractivity contribution in [3.05, 3.63) is 34.9 Å². The SMILES string of the molecule is CC[C@@H]1C[C@]1(NC(=O)[C@@H]1C[C@@H]2CN1C(=O)[C@H](C(C)(C)C)NC(=O)OCC(C)(C)CCCCc1cccc3c1CN(C3)C(=O)O2)C(=O)OC. The number of carbonyl (C=O) groups excluding carboxylic acids is 5. The molecule has 3 aliphatic heterocycles. The largest absolute Gasteiger partial charge is 0.467 e. The third-order valence-corrected chi connectivity index (χ3v) is 10.5. The molecule has 0 aromatic heterocycles. The minimum absolute atomic E-state index is 0.0406. The average molecular weight is 669 g/mol. The van der Waals surface area contributed by atoms with Gasteiger partial charge in [0.2, 0.25) is 11.8 Å². The Morgan fingerprint density at radius 3 is 2.50 bits per heavy atom. The van der Waals surface area contributed by atoms with Crippen LogP contribution in [0.2, 0.25) is 0 Å². The smallest absolute Gasteiger partial charge is 0.410 e. The van der Waals surface area contributed by atoms with Crippen molar-refractivity contribution in [2.24, 2.45) is 16.7 Å². The van der Waals surface area contributed by atoms with Gasteiger partial charge in [-0.25, -0.2) is 14.4 Å². The van der Waals surface area contributed by atoms with Gasteiger partial charge in [-0.3, -0.25) is 14.5 Å². The van der Waals surface area contributed by atoms with Gasteiger partial charge in [0.15, 0.2) is 0 Å². The minimum atomic E-state index is -1.16. The summed E-state index contributed by atoms with van der Waals surface area (Å²) < 4.78 is 16.7. The first-order valence-electron chi connectivity index (χ1n) is 17.3. The lowest BCUT2D eigenvalue weighted by Crippen LogP contribution is -2.59. The zero-order valence-electron chi connectivity index (χ0n) is 29.5. The van der Waals surface area contributed by atoms with Gasteiger partial charge in [0.25, 0.3) is 0 Å². The lowest BCUT2D eigenvalue weighted by atomic mass is 9.85. The lowest BCUT2D eigenvalue weighted by molar-refractivity contribution is -0.148. The van der Waals surface area contributed by atoms with E-state index in [1.807, 2.05) is 39.8 Å². The second kappa shape index (κ2) is 13.6. The minimum Gasteiger partial charge on any atom is -0.467 e. The quantitative estimate of drug-likeness (QED) is 0.354. The Balaban J connectivity index is 1.44. The van der Waals surface area contributed by atoms with Crippen molar-refractivity contribution in [2.75, 3.05) is 20.3 Å². The maximum Gasteiger partial charge on any atom is 0.410 e. The highest BCUT2D eigenvalue weighted by molar-refractivity contribution is 5.96. The molecule has 1 aromatic carbocycles. The van der Waals surface area contributed by atoms with Gasteiger partial charge in [0, 0.05) is 19.5 Å². The number of hydrogen-bond acceptors (Lipinski definition) is 8. The molecule has 1 saturated carbocycles. The molecule has 1 saturated heterocycles. The molecule has 2 fully saturated rings. The van der Waals surface area contributed by atoms with Crippen molar-refractivity contribution in [1.29, 1.82) is 0 Å². The van der Waals surface area contributed by atoms with Crippen LogP contribution in [0.25, 0.3) is 0 Å². The van der Waals surface area contributed by atoms with E-state index >= 15 is 0 Å². The summed E-state index contributed by atoms with van der Waals surface area (Å²) in [6, 6.07) is 4.07. The van der Waals surface area contributed by atoms with Gasteiger partial charge in [-0.15, -0.1) is 0 Å². The summed E-state index contributed by atoms with van der Waals surface area (Å²) in [6.07, 6.45) is 2.73. The van der Waals surface area contributed by atoms with Gasteiger partial charge >= 0.3 is 18.2 Å². The van der Waals surface area contributed by atoms with Crippen molar-refractivity contribution in [3.63, 3.8) is 0 Å². The Hall–Kier alpha value is -3.83. The molecule has 1 aromatic rings. The van der Waals surface area contributed by atoms with E-state index in [9.17, 15) is 24.0 Å². The molecule has 4 amide bonds. The highest BCUT2D eigenvalue weighted by Gasteiger charge is 2.62. The summed E-state index contributed by atoms with van der Waals surface area (Å²) >= 11 is 0. The predicted octanol–water partition coefficient (Wildman–Crippen LogP) is 4.46. The number of hydrogen-bond donors (Lipinski definition) is 2. The first-order valence-corrected chi connectivity index (χ1v) is 17.3. The van der Waals surface area contributed by atoms with Crippen LogP contribution in [0.15, 0.2) is 18.2 Å². The monoisotopic (exact) mass is 668 g/mol. The molecular formula is C36H52N4O8. The van der Waals surface area contributed by atoms with Crippen molar-refractivity contribution in [1.82, 2.24) is 20.4 Å². The Morgan fingerprint density at radius 1 is 1.10 bits per heavy atom. The molecule has 0 radical (unpaired) electrons. The Kier molecular flexibility index (Phi) is 10.0. The molecule has 4 aliphatic rings. The molecule has 1 aliphatic carbocycles. The van der Waals surface area contributed by atoms with Crippen LogP contribution in [0.5, 0.6) is 0 Å². The van der Waals surface area contributed by atoms with E-state index in [1.54, 1.807) is 4.90 Å². The van der Waals surface area contributed by atoms with Crippen LogP contribution < -0.4 is 10.6 Å². The summed E-state index contributed by atoms with van der Waals surface area (Å²) in [4.78, 5) is 70.9. The number of amides is 4. The third-order valence-electron chi connectivity index (χ3n) is 10.5. The zero-order valence-corrected chi connectivity index (χ0v) is 29.5. The number of nitrogens with zero attached hydrogens (tertiary/aromatic N) is 2. The highest BCUT2D eigenvalue weighted by Crippen LogP contribution is 2.47. The van der Waals surface area contributed by atoms with Crippen LogP contribution >= 0.6 is 0 Å². The van der Waals surface area contributed by atoms with E-state index in [0.29, 0.717) is 25.9 Å². The molecule has 264 valence electrons. The molecule has 48 heavy (non-hydrogen) atoms. The van der Waals surface area contributed by atoms with Crippen LogP contribution in [0.1, 0.15) is 96.8 Å². The Morgan fingerprint density at radius 2 is 1.83 bits per heavy atom. The molecule has 5 atom stereocenters. The number of nitrogens with one attached hydrogen (secondary N) is 2. The number of aryl methyl sites for hydroxylation is 1. The maximum absolute atomic E-state index is 14.4. The zero-order chi connectivity index (χ0) is 35.0. The molecule has 0 spiro atoms. The van der Waals surface area contributed by atoms with Crippen molar-refractivity contribution in [2.45, 2.75) is 123 Å². The average Bonchev–Trinajstić information content (AvgIpc) is 3.33. The number of esters is 1.